The minimum atomic E-state index is -0.200. The number of ether oxygens (including phenoxy) is 1. The molecule has 1 aromatic carbocycles. The Bertz CT molecular complexity index is 536. The lowest BCUT2D eigenvalue weighted by atomic mass is 9.82. The minimum absolute atomic E-state index is 0.200. The van der Waals surface area contributed by atoms with Crippen LogP contribution in [0.2, 0.25) is 0 Å². The standard InChI is InChI=1S/C18H26N2O2/c1-22-9-8-18(6-2-3-7-18)17(21)20-11-14-4-5-15-12-19-13-16(15)10-14/h4-5,10,19H,2-3,6-9,11-13H2,1H3,(H,20,21). The number of methoxy groups -OCH3 is 1. The third-order valence-electron chi connectivity index (χ3n) is 5.18. The lowest BCUT2D eigenvalue weighted by Crippen LogP contribution is -2.39. The lowest BCUT2D eigenvalue weighted by Gasteiger charge is -2.27. The first kappa shape index (κ1) is 15.5. The van der Waals surface area contributed by atoms with Crippen molar-refractivity contribution in [1.29, 1.82) is 0 Å². The molecule has 0 atom stereocenters. The van der Waals surface area contributed by atoms with Crippen molar-refractivity contribution >= 4 is 5.91 Å². The Hall–Kier alpha value is -1.39. The van der Waals surface area contributed by atoms with Gasteiger partial charge in [0, 0.05) is 33.4 Å². The Morgan fingerprint density at radius 2 is 2.05 bits per heavy atom. The number of hydrogen-bond acceptors (Lipinski definition) is 3. The van der Waals surface area contributed by atoms with Crippen LogP contribution in [0, 0.1) is 5.41 Å². The molecule has 1 amide bonds. The van der Waals surface area contributed by atoms with Crippen LogP contribution in [0.4, 0.5) is 0 Å². The van der Waals surface area contributed by atoms with Gasteiger partial charge in [-0.25, -0.2) is 0 Å². The van der Waals surface area contributed by atoms with E-state index in [0.717, 1.165) is 45.2 Å². The highest BCUT2D eigenvalue weighted by Gasteiger charge is 2.40. The van der Waals surface area contributed by atoms with E-state index < -0.39 is 0 Å². The number of amides is 1. The van der Waals surface area contributed by atoms with E-state index in [1.807, 2.05) is 0 Å². The summed E-state index contributed by atoms with van der Waals surface area (Å²) in [4.78, 5) is 12.7. The SMILES string of the molecule is COCCC1(C(=O)NCc2ccc3c(c2)CNC3)CCCC1. The van der Waals surface area contributed by atoms with Crippen LogP contribution in [0.15, 0.2) is 18.2 Å². The van der Waals surface area contributed by atoms with Crippen molar-refractivity contribution in [2.45, 2.75) is 51.7 Å². The molecule has 2 N–H and O–H groups in total. The van der Waals surface area contributed by atoms with Crippen molar-refractivity contribution in [1.82, 2.24) is 10.6 Å². The van der Waals surface area contributed by atoms with E-state index in [0.29, 0.717) is 13.2 Å². The molecule has 0 unspecified atom stereocenters. The molecule has 3 rings (SSSR count). The van der Waals surface area contributed by atoms with Crippen LogP contribution in [0.3, 0.4) is 0 Å². The summed E-state index contributed by atoms with van der Waals surface area (Å²) in [5.41, 5.74) is 3.73. The van der Waals surface area contributed by atoms with E-state index in [1.54, 1.807) is 7.11 Å². The van der Waals surface area contributed by atoms with E-state index in [1.165, 1.54) is 16.7 Å². The van der Waals surface area contributed by atoms with Gasteiger partial charge in [-0.05, 0) is 36.0 Å². The molecule has 1 aliphatic carbocycles. The molecule has 1 heterocycles. The van der Waals surface area contributed by atoms with Crippen LogP contribution in [0.25, 0.3) is 0 Å². The normalized spacial score (nSPS) is 19.1. The van der Waals surface area contributed by atoms with E-state index in [4.69, 9.17) is 4.74 Å². The van der Waals surface area contributed by atoms with Crippen LogP contribution in [-0.4, -0.2) is 19.6 Å². The van der Waals surface area contributed by atoms with Gasteiger partial charge in [0.1, 0.15) is 0 Å². The summed E-state index contributed by atoms with van der Waals surface area (Å²) in [6.07, 6.45) is 5.14. The van der Waals surface area contributed by atoms with Crippen molar-refractivity contribution < 1.29 is 9.53 Å². The number of carbonyl (C=O) groups is 1. The number of benzene rings is 1. The lowest BCUT2D eigenvalue weighted by molar-refractivity contribution is -0.132. The zero-order chi connectivity index (χ0) is 15.4. The summed E-state index contributed by atoms with van der Waals surface area (Å²) in [6.45, 7) is 3.19. The number of nitrogens with one attached hydrogen (secondary N) is 2. The predicted molar refractivity (Wildman–Crippen MR) is 86.2 cm³/mol. The molecule has 0 spiro atoms. The highest BCUT2D eigenvalue weighted by atomic mass is 16.5. The first-order valence-corrected chi connectivity index (χ1v) is 8.32. The fourth-order valence-corrected chi connectivity index (χ4v) is 3.77. The molecule has 4 heteroatoms. The molecule has 0 saturated heterocycles. The van der Waals surface area contributed by atoms with Gasteiger partial charge < -0.3 is 15.4 Å². The molecule has 1 fully saturated rings. The molecule has 22 heavy (non-hydrogen) atoms. The molecule has 0 bridgehead atoms. The summed E-state index contributed by atoms with van der Waals surface area (Å²) < 4.78 is 5.21. The van der Waals surface area contributed by atoms with Gasteiger partial charge in [0.05, 0.1) is 5.41 Å². The Morgan fingerprint density at radius 3 is 2.82 bits per heavy atom. The van der Waals surface area contributed by atoms with Gasteiger partial charge in [0.15, 0.2) is 0 Å². The average molecular weight is 302 g/mol. The second kappa shape index (κ2) is 6.80. The Balaban J connectivity index is 1.61. The molecule has 1 aliphatic heterocycles. The van der Waals surface area contributed by atoms with Gasteiger partial charge in [-0.3, -0.25) is 4.79 Å². The number of fused-ring (bicyclic) bond motifs is 1. The second-order valence-corrected chi connectivity index (χ2v) is 6.62. The number of carbonyl (C=O) groups excluding carboxylic acids is 1. The van der Waals surface area contributed by atoms with Crippen LogP contribution >= 0.6 is 0 Å². The van der Waals surface area contributed by atoms with Crippen LogP contribution in [0.1, 0.15) is 48.8 Å². The van der Waals surface area contributed by atoms with E-state index in [-0.39, 0.29) is 11.3 Å². The maximum atomic E-state index is 12.7. The summed E-state index contributed by atoms with van der Waals surface area (Å²) in [5.74, 6) is 0.209. The van der Waals surface area contributed by atoms with Crippen LogP contribution < -0.4 is 10.6 Å². The van der Waals surface area contributed by atoms with Crippen molar-refractivity contribution in [2.75, 3.05) is 13.7 Å². The topological polar surface area (TPSA) is 50.4 Å². The van der Waals surface area contributed by atoms with Gasteiger partial charge in [-0.2, -0.15) is 0 Å². The fraction of sp³-hybridized carbons (Fsp3) is 0.611. The van der Waals surface area contributed by atoms with Gasteiger partial charge in [0.25, 0.3) is 0 Å². The molecule has 4 nitrogen and oxygen atoms in total. The number of rotatable bonds is 6. The summed E-state index contributed by atoms with van der Waals surface area (Å²) in [5, 5.41) is 6.52. The zero-order valence-corrected chi connectivity index (χ0v) is 13.4. The smallest absolute Gasteiger partial charge is 0.226 e. The van der Waals surface area contributed by atoms with Crippen LogP contribution in [0.5, 0.6) is 0 Å². The molecule has 120 valence electrons. The van der Waals surface area contributed by atoms with Crippen molar-refractivity contribution in [3.8, 4) is 0 Å². The summed E-state index contributed by atoms with van der Waals surface area (Å²) in [6, 6.07) is 6.52. The van der Waals surface area contributed by atoms with Gasteiger partial charge in [0.2, 0.25) is 5.91 Å². The van der Waals surface area contributed by atoms with Gasteiger partial charge in [-0.15, -0.1) is 0 Å². The third kappa shape index (κ3) is 3.18. The highest BCUT2D eigenvalue weighted by molar-refractivity contribution is 5.82. The van der Waals surface area contributed by atoms with Crippen molar-refractivity contribution in [3.05, 3.63) is 34.9 Å². The van der Waals surface area contributed by atoms with E-state index in [9.17, 15) is 4.79 Å². The molecular weight excluding hydrogens is 276 g/mol. The molecule has 2 aliphatic rings. The maximum Gasteiger partial charge on any atom is 0.226 e. The Labute approximate surface area is 132 Å². The zero-order valence-electron chi connectivity index (χ0n) is 13.4. The highest BCUT2D eigenvalue weighted by Crippen LogP contribution is 2.41. The van der Waals surface area contributed by atoms with Gasteiger partial charge >= 0.3 is 0 Å². The quantitative estimate of drug-likeness (QED) is 0.849. The van der Waals surface area contributed by atoms with Crippen molar-refractivity contribution in [2.24, 2.45) is 5.41 Å². The molecular formula is C18H26N2O2. The first-order valence-electron chi connectivity index (χ1n) is 8.32. The van der Waals surface area contributed by atoms with Gasteiger partial charge in [-0.1, -0.05) is 31.0 Å². The molecule has 0 radical (unpaired) electrons. The number of hydrogen-bond donors (Lipinski definition) is 2. The van der Waals surface area contributed by atoms with Crippen LogP contribution in [-0.2, 0) is 29.2 Å². The Morgan fingerprint density at radius 1 is 1.27 bits per heavy atom. The summed E-state index contributed by atoms with van der Waals surface area (Å²) >= 11 is 0. The minimum Gasteiger partial charge on any atom is -0.385 e. The maximum absolute atomic E-state index is 12.7. The van der Waals surface area contributed by atoms with Crippen molar-refractivity contribution in [3.63, 3.8) is 0 Å². The summed E-state index contributed by atoms with van der Waals surface area (Å²) in [7, 11) is 1.71. The van der Waals surface area contributed by atoms with E-state index in [2.05, 4.69) is 28.8 Å². The monoisotopic (exact) mass is 302 g/mol. The molecule has 0 aromatic heterocycles. The first-order chi connectivity index (χ1) is 10.7. The third-order valence-corrected chi connectivity index (χ3v) is 5.18. The molecule has 1 aromatic rings. The Kier molecular flexibility index (Phi) is 4.79. The van der Waals surface area contributed by atoms with E-state index >= 15 is 0 Å². The second-order valence-electron chi connectivity index (χ2n) is 6.62. The largest absolute Gasteiger partial charge is 0.385 e. The predicted octanol–water partition coefficient (Wildman–Crippen LogP) is 2.50. The average Bonchev–Trinajstić information content (AvgIpc) is 3.19. The fourth-order valence-electron chi connectivity index (χ4n) is 3.77. The molecule has 1 saturated carbocycles.